The smallest absolute Gasteiger partial charge is 0.124 e. The first-order valence-electron chi connectivity index (χ1n) is 6.86. The number of para-hydroxylation sites is 1. The standard InChI is InChI=1S/C17H19NO/c1-13-7-9-14(10-8-13)17-15-5-2-3-6-16(15)19-12-4-11-18-17/h2-3,5-10,17-18H,4,11-12H2,1H3. The molecule has 1 N–H and O–H groups in total. The molecule has 0 aromatic heterocycles. The highest BCUT2D eigenvalue weighted by atomic mass is 16.5. The predicted octanol–water partition coefficient (Wildman–Crippen LogP) is 3.46. The second-order valence-corrected chi connectivity index (χ2v) is 5.04. The summed E-state index contributed by atoms with van der Waals surface area (Å²) in [5.41, 5.74) is 3.81. The van der Waals surface area contributed by atoms with Crippen molar-refractivity contribution in [3.8, 4) is 5.75 Å². The molecule has 2 aromatic rings. The highest BCUT2D eigenvalue weighted by molar-refractivity contribution is 5.42. The zero-order valence-electron chi connectivity index (χ0n) is 11.2. The van der Waals surface area contributed by atoms with Crippen molar-refractivity contribution in [2.45, 2.75) is 19.4 Å². The van der Waals surface area contributed by atoms with E-state index in [1.807, 2.05) is 6.07 Å². The molecule has 0 radical (unpaired) electrons. The summed E-state index contributed by atoms with van der Waals surface area (Å²) in [6.07, 6.45) is 1.04. The molecular weight excluding hydrogens is 234 g/mol. The molecule has 98 valence electrons. The van der Waals surface area contributed by atoms with Crippen molar-refractivity contribution in [2.75, 3.05) is 13.2 Å². The van der Waals surface area contributed by atoms with E-state index in [1.165, 1.54) is 16.7 Å². The van der Waals surface area contributed by atoms with Crippen LogP contribution in [0.15, 0.2) is 48.5 Å². The Morgan fingerprint density at radius 2 is 1.84 bits per heavy atom. The number of benzene rings is 2. The van der Waals surface area contributed by atoms with Gasteiger partial charge < -0.3 is 10.1 Å². The summed E-state index contributed by atoms with van der Waals surface area (Å²) < 4.78 is 5.86. The molecule has 0 fully saturated rings. The largest absolute Gasteiger partial charge is 0.493 e. The number of rotatable bonds is 1. The maximum absolute atomic E-state index is 5.86. The van der Waals surface area contributed by atoms with Gasteiger partial charge in [-0.05, 0) is 31.5 Å². The van der Waals surface area contributed by atoms with Crippen LogP contribution < -0.4 is 10.1 Å². The molecule has 0 aliphatic carbocycles. The summed E-state index contributed by atoms with van der Waals surface area (Å²) in [5, 5.41) is 3.63. The molecule has 0 amide bonds. The van der Waals surface area contributed by atoms with E-state index in [9.17, 15) is 0 Å². The maximum atomic E-state index is 5.86. The average molecular weight is 253 g/mol. The van der Waals surface area contributed by atoms with E-state index < -0.39 is 0 Å². The van der Waals surface area contributed by atoms with Gasteiger partial charge >= 0.3 is 0 Å². The topological polar surface area (TPSA) is 21.3 Å². The monoisotopic (exact) mass is 253 g/mol. The molecule has 1 aliphatic rings. The third-order valence-electron chi connectivity index (χ3n) is 3.57. The number of ether oxygens (including phenoxy) is 1. The Labute approximate surface area is 114 Å². The number of aryl methyl sites for hydroxylation is 1. The maximum Gasteiger partial charge on any atom is 0.124 e. The van der Waals surface area contributed by atoms with Gasteiger partial charge in [0.05, 0.1) is 12.6 Å². The zero-order chi connectivity index (χ0) is 13.1. The quantitative estimate of drug-likeness (QED) is 0.840. The molecule has 0 spiro atoms. The second kappa shape index (κ2) is 5.45. The first kappa shape index (κ1) is 12.2. The Balaban J connectivity index is 2.02. The lowest BCUT2D eigenvalue weighted by molar-refractivity contribution is 0.290. The van der Waals surface area contributed by atoms with Crippen molar-refractivity contribution in [1.29, 1.82) is 0 Å². The van der Waals surface area contributed by atoms with Gasteiger partial charge in [0, 0.05) is 5.56 Å². The summed E-state index contributed by atoms with van der Waals surface area (Å²) in [4.78, 5) is 0. The highest BCUT2D eigenvalue weighted by Crippen LogP contribution is 2.31. The molecule has 2 heteroatoms. The van der Waals surface area contributed by atoms with Crippen LogP contribution in [0.5, 0.6) is 5.75 Å². The number of fused-ring (bicyclic) bond motifs is 1. The molecule has 2 aromatic carbocycles. The number of nitrogens with one attached hydrogen (secondary N) is 1. The minimum atomic E-state index is 0.220. The van der Waals surface area contributed by atoms with Gasteiger partial charge in [-0.15, -0.1) is 0 Å². The van der Waals surface area contributed by atoms with Crippen molar-refractivity contribution in [3.05, 3.63) is 65.2 Å². The fraction of sp³-hybridized carbons (Fsp3) is 0.294. The fourth-order valence-corrected chi connectivity index (χ4v) is 2.52. The third kappa shape index (κ3) is 2.64. The van der Waals surface area contributed by atoms with Gasteiger partial charge in [0.25, 0.3) is 0 Å². The average Bonchev–Trinajstić information content (AvgIpc) is 2.42. The Kier molecular flexibility index (Phi) is 3.51. The van der Waals surface area contributed by atoms with Crippen LogP contribution in [0.1, 0.15) is 29.2 Å². The van der Waals surface area contributed by atoms with Crippen molar-refractivity contribution in [2.24, 2.45) is 0 Å². The van der Waals surface area contributed by atoms with Gasteiger partial charge in [-0.3, -0.25) is 0 Å². The molecule has 0 saturated heterocycles. The van der Waals surface area contributed by atoms with E-state index in [1.54, 1.807) is 0 Å². The van der Waals surface area contributed by atoms with E-state index in [-0.39, 0.29) is 6.04 Å². The predicted molar refractivity (Wildman–Crippen MR) is 77.6 cm³/mol. The molecule has 19 heavy (non-hydrogen) atoms. The normalized spacial score (nSPS) is 18.9. The van der Waals surface area contributed by atoms with Crippen LogP contribution >= 0.6 is 0 Å². The van der Waals surface area contributed by atoms with Gasteiger partial charge in [0.2, 0.25) is 0 Å². The summed E-state index contributed by atoms with van der Waals surface area (Å²) in [5.74, 6) is 1.00. The molecule has 1 unspecified atom stereocenters. The molecule has 0 saturated carbocycles. The summed E-state index contributed by atoms with van der Waals surface area (Å²) in [6.45, 7) is 3.88. The summed E-state index contributed by atoms with van der Waals surface area (Å²) in [6, 6.07) is 17.3. The van der Waals surface area contributed by atoms with Gasteiger partial charge in [-0.2, -0.15) is 0 Å². The third-order valence-corrected chi connectivity index (χ3v) is 3.57. The second-order valence-electron chi connectivity index (χ2n) is 5.04. The van der Waals surface area contributed by atoms with E-state index in [4.69, 9.17) is 4.74 Å². The first-order chi connectivity index (χ1) is 9.34. The molecular formula is C17H19NO. The van der Waals surface area contributed by atoms with Crippen LogP contribution in [-0.4, -0.2) is 13.2 Å². The summed E-state index contributed by atoms with van der Waals surface area (Å²) >= 11 is 0. The Morgan fingerprint density at radius 3 is 2.68 bits per heavy atom. The van der Waals surface area contributed by atoms with Crippen LogP contribution in [0.4, 0.5) is 0 Å². The van der Waals surface area contributed by atoms with E-state index >= 15 is 0 Å². The fourth-order valence-electron chi connectivity index (χ4n) is 2.52. The minimum absolute atomic E-state index is 0.220. The minimum Gasteiger partial charge on any atom is -0.493 e. The molecule has 0 bridgehead atoms. The lowest BCUT2D eigenvalue weighted by atomic mass is 9.96. The highest BCUT2D eigenvalue weighted by Gasteiger charge is 2.19. The van der Waals surface area contributed by atoms with Crippen LogP contribution in [0.2, 0.25) is 0 Å². The Morgan fingerprint density at radius 1 is 1.05 bits per heavy atom. The van der Waals surface area contributed by atoms with Crippen molar-refractivity contribution in [1.82, 2.24) is 5.32 Å². The van der Waals surface area contributed by atoms with Gasteiger partial charge in [-0.25, -0.2) is 0 Å². The van der Waals surface area contributed by atoms with Crippen LogP contribution in [0.3, 0.4) is 0 Å². The van der Waals surface area contributed by atoms with E-state index in [2.05, 4.69) is 54.7 Å². The molecule has 1 aliphatic heterocycles. The molecule has 3 rings (SSSR count). The van der Waals surface area contributed by atoms with Crippen LogP contribution in [-0.2, 0) is 0 Å². The Bertz CT molecular complexity index is 547. The number of hydrogen-bond donors (Lipinski definition) is 1. The lowest BCUT2D eigenvalue weighted by Gasteiger charge is -2.25. The summed E-state index contributed by atoms with van der Waals surface area (Å²) in [7, 11) is 0. The lowest BCUT2D eigenvalue weighted by Crippen LogP contribution is -2.27. The molecule has 1 atom stereocenters. The molecule has 2 nitrogen and oxygen atoms in total. The van der Waals surface area contributed by atoms with Gasteiger partial charge in [0.1, 0.15) is 5.75 Å². The van der Waals surface area contributed by atoms with Gasteiger partial charge in [0.15, 0.2) is 0 Å². The van der Waals surface area contributed by atoms with E-state index in [0.717, 1.165) is 25.3 Å². The van der Waals surface area contributed by atoms with Crippen molar-refractivity contribution < 1.29 is 4.74 Å². The van der Waals surface area contributed by atoms with Crippen LogP contribution in [0, 0.1) is 6.92 Å². The van der Waals surface area contributed by atoms with Crippen molar-refractivity contribution >= 4 is 0 Å². The van der Waals surface area contributed by atoms with Crippen LogP contribution in [0.25, 0.3) is 0 Å². The molecule has 1 heterocycles. The van der Waals surface area contributed by atoms with Crippen molar-refractivity contribution in [3.63, 3.8) is 0 Å². The number of hydrogen-bond acceptors (Lipinski definition) is 2. The van der Waals surface area contributed by atoms with E-state index in [0.29, 0.717) is 0 Å². The zero-order valence-corrected chi connectivity index (χ0v) is 11.2. The SMILES string of the molecule is Cc1ccc(C2NCCCOc3ccccc32)cc1. The first-order valence-corrected chi connectivity index (χ1v) is 6.86. The van der Waals surface area contributed by atoms with Gasteiger partial charge in [-0.1, -0.05) is 48.0 Å². The Hall–Kier alpha value is -1.80.